The Morgan fingerprint density at radius 3 is 2.83 bits per heavy atom. The second kappa shape index (κ2) is 6.45. The number of carbonyl (C=O) groups excluding carboxylic acids is 2. The zero-order valence-electron chi connectivity index (χ0n) is 12.6. The lowest BCUT2D eigenvalue weighted by Gasteiger charge is -2.12. The average Bonchev–Trinajstić information content (AvgIpc) is 3.14. The number of hydrogen-bond donors (Lipinski definition) is 1. The first-order valence-corrected chi connectivity index (χ1v) is 8.25. The second-order valence-corrected chi connectivity index (χ2v) is 6.23. The largest absolute Gasteiger partial charge is 0.342 e. The highest BCUT2D eigenvalue weighted by molar-refractivity contribution is 7.14. The summed E-state index contributed by atoms with van der Waals surface area (Å²) in [6.07, 6.45) is 0.246. The van der Waals surface area contributed by atoms with E-state index in [9.17, 15) is 14.0 Å². The summed E-state index contributed by atoms with van der Waals surface area (Å²) in [4.78, 5) is 30.0. The Labute approximate surface area is 137 Å². The lowest BCUT2D eigenvalue weighted by molar-refractivity contribution is -0.128. The molecular weight excluding hydrogens is 317 g/mol. The number of likely N-dealkylation sites (tertiary alicyclic amines) is 1. The van der Waals surface area contributed by atoms with E-state index in [2.05, 4.69) is 10.3 Å². The molecule has 1 aromatic heterocycles. The van der Waals surface area contributed by atoms with Gasteiger partial charge < -0.3 is 10.2 Å². The Balaban J connectivity index is 1.66. The first kappa shape index (κ1) is 15.6. The molecule has 1 atom stereocenters. The summed E-state index contributed by atoms with van der Waals surface area (Å²) in [5, 5.41) is 5.06. The van der Waals surface area contributed by atoms with Crippen molar-refractivity contribution in [2.24, 2.45) is 5.92 Å². The van der Waals surface area contributed by atoms with Crippen LogP contribution in [-0.2, 0) is 9.59 Å². The smallest absolute Gasteiger partial charge is 0.231 e. The molecular formula is C16H16FN3O2S. The van der Waals surface area contributed by atoms with Crippen molar-refractivity contribution < 1.29 is 14.0 Å². The number of rotatable bonds is 4. The first-order valence-electron chi connectivity index (χ1n) is 7.37. The number of thiazole rings is 1. The van der Waals surface area contributed by atoms with Gasteiger partial charge in [-0.05, 0) is 31.2 Å². The van der Waals surface area contributed by atoms with Crippen molar-refractivity contribution in [1.29, 1.82) is 0 Å². The zero-order valence-corrected chi connectivity index (χ0v) is 13.4. The number of hydrogen-bond acceptors (Lipinski definition) is 4. The topological polar surface area (TPSA) is 62.3 Å². The van der Waals surface area contributed by atoms with Gasteiger partial charge in [-0.1, -0.05) is 0 Å². The molecule has 0 radical (unpaired) electrons. The minimum absolute atomic E-state index is 0.0128. The Morgan fingerprint density at radius 2 is 2.17 bits per heavy atom. The monoisotopic (exact) mass is 333 g/mol. The second-order valence-electron chi connectivity index (χ2n) is 5.37. The van der Waals surface area contributed by atoms with Gasteiger partial charge in [0.2, 0.25) is 11.8 Å². The van der Waals surface area contributed by atoms with Crippen molar-refractivity contribution in [1.82, 2.24) is 9.88 Å². The van der Waals surface area contributed by atoms with Crippen LogP contribution in [0.15, 0.2) is 29.6 Å². The molecule has 23 heavy (non-hydrogen) atoms. The number of nitrogens with one attached hydrogen (secondary N) is 1. The van der Waals surface area contributed by atoms with E-state index in [1.54, 1.807) is 22.4 Å². The van der Waals surface area contributed by atoms with E-state index in [1.807, 2.05) is 6.92 Å². The van der Waals surface area contributed by atoms with E-state index < -0.39 is 0 Å². The highest BCUT2D eigenvalue weighted by atomic mass is 32.1. The lowest BCUT2D eigenvalue weighted by Crippen LogP contribution is -2.28. The quantitative estimate of drug-likeness (QED) is 0.936. The fourth-order valence-corrected chi connectivity index (χ4v) is 3.27. The molecule has 0 bridgehead atoms. The van der Waals surface area contributed by atoms with Crippen LogP contribution in [0.1, 0.15) is 13.3 Å². The van der Waals surface area contributed by atoms with Crippen LogP contribution < -0.4 is 5.32 Å². The number of nitrogens with zero attached hydrogens (tertiary/aromatic N) is 2. The average molecular weight is 333 g/mol. The number of aromatic nitrogens is 1. The maximum absolute atomic E-state index is 12.9. The molecule has 120 valence electrons. The number of halogens is 1. The number of anilines is 1. The molecule has 1 fully saturated rings. The Kier molecular flexibility index (Phi) is 4.38. The minimum Gasteiger partial charge on any atom is -0.342 e. The summed E-state index contributed by atoms with van der Waals surface area (Å²) in [5.74, 6) is -0.808. The van der Waals surface area contributed by atoms with Crippen LogP contribution in [0.25, 0.3) is 11.3 Å². The van der Waals surface area contributed by atoms with Crippen molar-refractivity contribution in [2.75, 3.05) is 18.4 Å². The van der Waals surface area contributed by atoms with Crippen molar-refractivity contribution in [2.45, 2.75) is 13.3 Å². The van der Waals surface area contributed by atoms with E-state index in [1.165, 1.54) is 23.5 Å². The number of carbonyl (C=O) groups is 2. The summed E-state index contributed by atoms with van der Waals surface area (Å²) in [7, 11) is 0. The van der Waals surface area contributed by atoms with Crippen LogP contribution in [0.4, 0.5) is 9.52 Å². The molecule has 0 saturated carbocycles. The van der Waals surface area contributed by atoms with Crippen molar-refractivity contribution in [3.8, 4) is 11.3 Å². The fourth-order valence-electron chi connectivity index (χ4n) is 2.55. The van der Waals surface area contributed by atoms with Gasteiger partial charge in [-0.25, -0.2) is 9.37 Å². The summed E-state index contributed by atoms with van der Waals surface area (Å²) in [5.41, 5.74) is 1.47. The maximum Gasteiger partial charge on any atom is 0.231 e. The summed E-state index contributed by atoms with van der Waals surface area (Å²) in [6.45, 7) is 2.97. The highest BCUT2D eigenvalue weighted by Crippen LogP contribution is 2.26. The van der Waals surface area contributed by atoms with Crippen LogP contribution in [0, 0.1) is 11.7 Å². The van der Waals surface area contributed by atoms with E-state index in [0.29, 0.717) is 23.9 Å². The fraction of sp³-hybridized carbons (Fsp3) is 0.312. The van der Waals surface area contributed by atoms with Gasteiger partial charge in [-0.3, -0.25) is 9.59 Å². The van der Waals surface area contributed by atoms with Gasteiger partial charge in [0.15, 0.2) is 5.13 Å². The van der Waals surface area contributed by atoms with E-state index in [-0.39, 0.29) is 30.0 Å². The van der Waals surface area contributed by atoms with Gasteiger partial charge in [-0.2, -0.15) is 0 Å². The lowest BCUT2D eigenvalue weighted by atomic mass is 10.1. The van der Waals surface area contributed by atoms with Crippen LogP contribution in [0.2, 0.25) is 0 Å². The SMILES string of the molecule is CCN1CC(C(=O)Nc2nc(-c3ccc(F)cc3)cs2)CC1=O. The van der Waals surface area contributed by atoms with Crippen LogP contribution >= 0.6 is 11.3 Å². The highest BCUT2D eigenvalue weighted by Gasteiger charge is 2.33. The Bertz CT molecular complexity index is 729. The molecule has 2 aromatic rings. The summed E-state index contributed by atoms with van der Waals surface area (Å²) < 4.78 is 12.9. The molecule has 5 nitrogen and oxygen atoms in total. The third kappa shape index (κ3) is 3.39. The predicted octanol–water partition coefficient (Wildman–Crippen LogP) is 2.76. The van der Waals surface area contributed by atoms with Crippen molar-refractivity contribution in [3.05, 3.63) is 35.5 Å². The van der Waals surface area contributed by atoms with Gasteiger partial charge >= 0.3 is 0 Å². The van der Waals surface area contributed by atoms with Gasteiger partial charge in [-0.15, -0.1) is 11.3 Å². The molecule has 1 aliphatic rings. The Morgan fingerprint density at radius 1 is 1.43 bits per heavy atom. The molecule has 7 heteroatoms. The van der Waals surface area contributed by atoms with Crippen molar-refractivity contribution in [3.63, 3.8) is 0 Å². The minimum atomic E-state index is -0.333. The van der Waals surface area contributed by atoms with Gasteiger partial charge in [0, 0.05) is 30.5 Å². The Hall–Kier alpha value is -2.28. The molecule has 1 aliphatic heterocycles. The maximum atomic E-state index is 12.9. The van der Waals surface area contributed by atoms with E-state index >= 15 is 0 Å². The normalized spacial score (nSPS) is 17.6. The van der Waals surface area contributed by atoms with E-state index in [0.717, 1.165) is 5.56 Å². The molecule has 2 heterocycles. The van der Waals surface area contributed by atoms with E-state index in [4.69, 9.17) is 0 Å². The first-order chi connectivity index (χ1) is 11.1. The molecule has 3 rings (SSSR count). The van der Waals surface area contributed by atoms with Gasteiger partial charge in [0.25, 0.3) is 0 Å². The van der Waals surface area contributed by atoms with Gasteiger partial charge in [0.05, 0.1) is 11.6 Å². The van der Waals surface area contributed by atoms with Crippen LogP contribution in [-0.4, -0.2) is 34.8 Å². The molecule has 1 unspecified atom stereocenters. The molecule has 0 spiro atoms. The molecule has 1 saturated heterocycles. The molecule has 2 amide bonds. The molecule has 0 aliphatic carbocycles. The van der Waals surface area contributed by atoms with Gasteiger partial charge in [0.1, 0.15) is 5.82 Å². The zero-order chi connectivity index (χ0) is 16.4. The van der Waals surface area contributed by atoms with Crippen LogP contribution in [0.5, 0.6) is 0 Å². The van der Waals surface area contributed by atoms with Crippen LogP contribution in [0.3, 0.4) is 0 Å². The number of amides is 2. The third-order valence-electron chi connectivity index (χ3n) is 3.84. The molecule has 1 aromatic carbocycles. The predicted molar refractivity (Wildman–Crippen MR) is 86.5 cm³/mol. The van der Waals surface area contributed by atoms with Crippen molar-refractivity contribution >= 4 is 28.3 Å². The standard InChI is InChI=1S/C16H16FN3O2S/c1-2-20-8-11(7-14(20)21)15(22)19-16-18-13(9-23-16)10-3-5-12(17)6-4-10/h3-6,9,11H,2,7-8H2,1H3,(H,18,19,22). The molecule has 1 N–H and O–H groups in total. The number of benzene rings is 1. The summed E-state index contributed by atoms with van der Waals surface area (Å²) >= 11 is 1.31. The third-order valence-corrected chi connectivity index (χ3v) is 4.60. The summed E-state index contributed by atoms with van der Waals surface area (Å²) in [6, 6.07) is 6.03.